The molecule has 3 nitrogen and oxygen atoms in total. The van der Waals surface area contributed by atoms with Crippen LogP contribution in [0, 0.1) is 0 Å². The van der Waals surface area contributed by atoms with E-state index in [4.69, 9.17) is 20.8 Å². The molecule has 0 aliphatic carbocycles. The van der Waals surface area contributed by atoms with Crippen LogP contribution in [0.15, 0.2) is 28.7 Å². The van der Waals surface area contributed by atoms with E-state index in [2.05, 4.69) is 0 Å². The molecule has 0 spiro atoms. The maximum absolute atomic E-state index is 9.77. The average Bonchev–Trinajstić information content (AvgIpc) is 2.68. The summed E-state index contributed by atoms with van der Waals surface area (Å²) in [5.74, 6) is 0.505. The summed E-state index contributed by atoms with van der Waals surface area (Å²) in [5.41, 5.74) is 0.718. The van der Waals surface area contributed by atoms with Gasteiger partial charge in [0.05, 0.1) is 6.61 Å². The van der Waals surface area contributed by atoms with Gasteiger partial charge in [0.1, 0.15) is 17.4 Å². The van der Waals surface area contributed by atoms with Crippen molar-refractivity contribution in [2.24, 2.45) is 0 Å². The SMILES string of the molecule is CCOCC(O)c1cc2cc(Cl)ccc2o1. The molecule has 0 saturated carbocycles. The van der Waals surface area contributed by atoms with E-state index in [1.165, 1.54) is 0 Å². The van der Waals surface area contributed by atoms with Crippen molar-refractivity contribution in [2.45, 2.75) is 13.0 Å². The molecule has 2 aromatic rings. The van der Waals surface area contributed by atoms with Gasteiger partial charge in [-0.1, -0.05) is 11.6 Å². The van der Waals surface area contributed by atoms with Gasteiger partial charge in [-0.25, -0.2) is 0 Å². The normalized spacial score (nSPS) is 13.2. The molecule has 0 bridgehead atoms. The van der Waals surface area contributed by atoms with Gasteiger partial charge in [0.25, 0.3) is 0 Å². The molecule has 0 aliphatic rings. The van der Waals surface area contributed by atoms with Crippen LogP contribution in [0.4, 0.5) is 0 Å². The van der Waals surface area contributed by atoms with Gasteiger partial charge in [0.2, 0.25) is 0 Å². The molecule has 0 amide bonds. The van der Waals surface area contributed by atoms with Gasteiger partial charge in [-0.3, -0.25) is 0 Å². The Bertz CT molecular complexity index is 478. The molecule has 0 radical (unpaired) electrons. The summed E-state index contributed by atoms with van der Waals surface area (Å²) >= 11 is 5.86. The quantitative estimate of drug-likeness (QED) is 0.893. The summed E-state index contributed by atoms with van der Waals surface area (Å²) < 4.78 is 10.6. The Balaban J connectivity index is 2.25. The molecule has 4 heteroatoms. The van der Waals surface area contributed by atoms with Gasteiger partial charge in [-0.15, -0.1) is 0 Å². The minimum Gasteiger partial charge on any atom is -0.458 e. The highest BCUT2D eigenvalue weighted by molar-refractivity contribution is 6.31. The van der Waals surface area contributed by atoms with Gasteiger partial charge in [0.15, 0.2) is 0 Å². The average molecular weight is 241 g/mol. The lowest BCUT2D eigenvalue weighted by Crippen LogP contribution is -2.05. The third-order valence-corrected chi connectivity index (χ3v) is 2.54. The van der Waals surface area contributed by atoms with Crippen molar-refractivity contribution >= 4 is 22.6 Å². The Hall–Kier alpha value is -1.03. The fraction of sp³-hybridized carbons (Fsp3) is 0.333. The second-order valence-electron chi connectivity index (χ2n) is 3.51. The van der Waals surface area contributed by atoms with Gasteiger partial charge in [0, 0.05) is 17.0 Å². The Morgan fingerprint density at radius 1 is 1.44 bits per heavy atom. The Labute approximate surface area is 98.6 Å². The standard InChI is InChI=1S/C12H13ClO3/c1-2-15-7-10(14)12-6-8-5-9(13)3-4-11(8)16-12/h3-6,10,14H,2,7H2,1H3. The van der Waals surface area contributed by atoms with Crippen LogP contribution >= 0.6 is 11.6 Å². The fourth-order valence-corrected chi connectivity index (χ4v) is 1.69. The molecule has 16 heavy (non-hydrogen) atoms. The Morgan fingerprint density at radius 3 is 3.00 bits per heavy atom. The van der Waals surface area contributed by atoms with E-state index in [1.807, 2.05) is 6.92 Å². The first-order chi connectivity index (χ1) is 7.70. The van der Waals surface area contributed by atoms with Crippen molar-refractivity contribution in [1.82, 2.24) is 0 Å². The Kier molecular flexibility index (Phi) is 3.49. The van der Waals surface area contributed by atoms with Crippen LogP contribution in [-0.2, 0) is 4.74 Å². The molecule has 0 aliphatic heterocycles. The number of aliphatic hydroxyl groups excluding tert-OH is 1. The molecule has 0 fully saturated rings. The van der Waals surface area contributed by atoms with Gasteiger partial charge >= 0.3 is 0 Å². The lowest BCUT2D eigenvalue weighted by molar-refractivity contribution is 0.0312. The zero-order chi connectivity index (χ0) is 11.5. The molecule has 1 heterocycles. The van der Waals surface area contributed by atoms with Crippen LogP contribution in [0.5, 0.6) is 0 Å². The molecular weight excluding hydrogens is 228 g/mol. The van der Waals surface area contributed by atoms with E-state index in [-0.39, 0.29) is 6.61 Å². The van der Waals surface area contributed by atoms with Crippen LogP contribution in [0.25, 0.3) is 11.0 Å². The maximum atomic E-state index is 9.77. The first-order valence-corrected chi connectivity index (χ1v) is 5.53. The summed E-state index contributed by atoms with van der Waals surface area (Å²) in [7, 11) is 0. The van der Waals surface area contributed by atoms with Crippen LogP contribution in [0.2, 0.25) is 5.02 Å². The monoisotopic (exact) mass is 240 g/mol. The predicted octanol–water partition coefficient (Wildman–Crippen LogP) is 3.16. The predicted molar refractivity (Wildman–Crippen MR) is 62.7 cm³/mol. The molecule has 1 aromatic heterocycles. The van der Waals surface area contributed by atoms with Crippen molar-refractivity contribution in [1.29, 1.82) is 0 Å². The minimum atomic E-state index is -0.730. The van der Waals surface area contributed by atoms with Gasteiger partial charge in [-0.05, 0) is 31.2 Å². The zero-order valence-corrected chi connectivity index (χ0v) is 9.70. The van der Waals surface area contributed by atoms with E-state index in [0.717, 1.165) is 11.0 Å². The van der Waals surface area contributed by atoms with Gasteiger partial charge < -0.3 is 14.3 Å². The van der Waals surface area contributed by atoms with E-state index >= 15 is 0 Å². The molecular formula is C12H13ClO3. The summed E-state index contributed by atoms with van der Waals surface area (Å²) in [6.45, 7) is 2.69. The number of furan rings is 1. The van der Waals surface area contributed by atoms with E-state index in [1.54, 1.807) is 24.3 Å². The van der Waals surface area contributed by atoms with E-state index in [0.29, 0.717) is 17.4 Å². The number of benzene rings is 1. The highest BCUT2D eigenvalue weighted by atomic mass is 35.5. The number of hydrogen-bond acceptors (Lipinski definition) is 3. The summed E-state index contributed by atoms with van der Waals surface area (Å²) in [5, 5.41) is 11.3. The maximum Gasteiger partial charge on any atom is 0.136 e. The minimum absolute atomic E-state index is 0.240. The number of hydrogen-bond donors (Lipinski definition) is 1. The summed E-state index contributed by atoms with van der Waals surface area (Å²) in [6.07, 6.45) is -0.730. The Morgan fingerprint density at radius 2 is 2.25 bits per heavy atom. The van der Waals surface area contributed by atoms with Crippen LogP contribution in [0.1, 0.15) is 18.8 Å². The van der Waals surface area contributed by atoms with E-state index in [9.17, 15) is 5.11 Å². The molecule has 1 N–H and O–H groups in total. The molecule has 86 valence electrons. The second kappa shape index (κ2) is 4.87. The molecule has 2 rings (SSSR count). The number of rotatable bonds is 4. The lowest BCUT2D eigenvalue weighted by atomic mass is 10.2. The van der Waals surface area contributed by atoms with E-state index < -0.39 is 6.10 Å². The molecule has 0 saturated heterocycles. The number of ether oxygens (including phenoxy) is 1. The second-order valence-corrected chi connectivity index (χ2v) is 3.94. The largest absolute Gasteiger partial charge is 0.458 e. The fourth-order valence-electron chi connectivity index (χ4n) is 1.51. The highest BCUT2D eigenvalue weighted by Gasteiger charge is 2.13. The van der Waals surface area contributed by atoms with Crippen molar-refractivity contribution in [3.8, 4) is 0 Å². The summed E-state index contributed by atoms with van der Waals surface area (Å²) in [4.78, 5) is 0. The number of fused-ring (bicyclic) bond motifs is 1. The number of halogens is 1. The third-order valence-electron chi connectivity index (χ3n) is 2.31. The molecule has 1 unspecified atom stereocenters. The van der Waals surface area contributed by atoms with Crippen LogP contribution in [-0.4, -0.2) is 18.3 Å². The topological polar surface area (TPSA) is 42.6 Å². The molecule has 1 atom stereocenters. The first-order valence-electron chi connectivity index (χ1n) is 5.15. The highest BCUT2D eigenvalue weighted by Crippen LogP contribution is 2.26. The van der Waals surface area contributed by atoms with Crippen molar-refractivity contribution < 1.29 is 14.3 Å². The molecule has 1 aromatic carbocycles. The van der Waals surface area contributed by atoms with Crippen LogP contribution in [0.3, 0.4) is 0 Å². The lowest BCUT2D eigenvalue weighted by Gasteiger charge is -2.06. The van der Waals surface area contributed by atoms with Gasteiger partial charge in [-0.2, -0.15) is 0 Å². The van der Waals surface area contributed by atoms with Crippen molar-refractivity contribution in [2.75, 3.05) is 13.2 Å². The van der Waals surface area contributed by atoms with Crippen molar-refractivity contribution in [3.05, 3.63) is 35.0 Å². The smallest absolute Gasteiger partial charge is 0.136 e. The first kappa shape index (κ1) is 11.5. The number of aliphatic hydroxyl groups is 1. The van der Waals surface area contributed by atoms with Crippen LogP contribution < -0.4 is 0 Å². The summed E-state index contributed by atoms with van der Waals surface area (Å²) in [6, 6.07) is 7.13. The zero-order valence-electron chi connectivity index (χ0n) is 8.94. The third kappa shape index (κ3) is 2.38. The van der Waals surface area contributed by atoms with Crippen molar-refractivity contribution in [3.63, 3.8) is 0 Å².